The second-order valence-corrected chi connectivity index (χ2v) is 9.40. The van der Waals surface area contributed by atoms with E-state index in [1.165, 1.54) is 5.56 Å². The van der Waals surface area contributed by atoms with Crippen LogP contribution in [0.1, 0.15) is 51.7 Å². The van der Waals surface area contributed by atoms with Gasteiger partial charge in [-0.25, -0.2) is 0 Å². The normalized spacial score (nSPS) is 18.3. The van der Waals surface area contributed by atoms with Crippen molar-refractivity contribution in [3.63, 3.8) is 0 Å². The van der Waals surface area contributed by atoms with E-state index in [4.69, 9.17) is 25.8 Å². The van der Waals surface area contributed by atoms with Gasteiger partial charge in [0.2, 0.25) is 0 Å². The highest BCUT2D eigenvalue weighted by Crippen LogP contribution is 2.38. The van der Waals surface area contributed by atoms with E-state index < -0.39 is 5.60 Å². The molecule has 0 radical (unpaired) electrons. The molecule has 0 saturated heterocycles. The molecule has 30 heavy (non-hydrogen) atoms. The Morgan fingerprint density at radius 3 is 2.57 bits per heavy atom. The number of aryl methyl sites for hydroxylation is 1. The van der Waals surface area contributed by atoms with Crippen molar-refractivity contribution in [1.29, 1.82) is 0 Å². The molecule has 0 fully saturated rings. The second kappa shape index (κ2) is 8.81. The van der Waals surface area contributed by atoms with E-state index >= 15 is 0 Å². The number of fused-ring (bicyclic) bond motifs is 1. The fourth-order valence-corrected chi connectivity index (χ4v) is 3.55. The van der Waals surface area contributed by atoms with Crippen LogP contribution in [0.3, 0.4) is 0 Å². The minimum absolute atomic E-state index is 0.0470. The molecule has 1 unspecified atom stereocenters. The molecule has 5 heteroatoms. The van der Waals surface area contributed by atoms with Crippen LogP contribution in [0, 0.1) is 0 Å². The Bertz CT molecular complexity index is 916. The van der Waals surface area contributed by atoms with Gasteiger partial charge in [-0.15, -0.1) is 0 Å². The van der Waals surface area contributed by atoms with Crippen LogP contribution in [0.4, 0.5) is 0 Å². The zero-order chi connectivity index (χ0) is 21.9. The minimum Gasteiger partial charge on any atom is -0.509 e. The van der Waals surface area contributed by atoms with Crippen molar-refractivity contribution < 1.29 is 19.3 Å². The predicted octanol–water partition coefficient (Wildman–Crippen LogP) is 6.64. The summed E-state index contributed by atoms with van der Waals surface area (Å²) in [6, 6.07) is 11.8. The molecule has 1 heterocycles. The topological polar surface area (TPSA) is 47.9 Å². The maximum atomic E-state index is 9.83. The molecule has 3 rings (SSSR count). The summed E-state index contributed by atoms with van der Waals surface area (Å²) in [4.78, 5) is 0. The van der Waals surface area contributed by atoms with Crippen molar-refractivity contribution in [2.75, 3.05) is 13.2 Å². The number of halogens is 1. The molecule has 0 aliphatic carbocycles. The molecule has 2 aromatic carbocycles. The van der Waals surface area contributed by atoms with E-state index in [9.17, 15) is 5.11 Å². The first kappa shape index (κ1) is 22.4. The fraction of sp³-hybridized carbons (Fsp3) is 0.440. The number of rotatable bonds is 7. The Morgan fingerprint density at radius 1 is 1.17 bits per heavy atom. The lowest BCUT2D eigenvalue weighted by atomic mass is 9.87. The van der Waals surface area contributed by atoms with Crippen LogP contribution >= 0.6 is 11.6 Å². The number of benzene rings is 2. The summed E-state index contributed by atoms with van der Waals surface area (Å²) in [6.07, 6.45) is 2.25. The SMILES string of the molecule is C=C(O)C1(C)CCc2ccc(OCCCOc3ccc(C(C)(C)C)cc3Cl)cc2O1. The molecule has 0 saturated carbocycles. The van der Waals surface area contributed by atoms with Crippen LogP contribution in [0.15, 0.2) is 48.7 Å². The maximum Gasteiger partial charge on any atom is 0.162 e. The molecule has 1 aliphatic rings. The smallest absolute Gasteiger partial charge is 0.162 e. The lowest BCUT2D eigenvalue weighted by Gasteiger charge is -2.34. The monoisotopic (exact) mass is 430 g/mol. The maximum absolute atomic E-state index is 9.83. The summed E-state index contributed by atoms with van der Waals surface area (Å²) in [5.41, 5.74) is 1.59. The minimum atomic E-state index is -0.749. The Morgan fingerprint density at radius 2 is 1.90 bits per heavy atom. The molecule has 0 spiro atoms. The van der Waals surface area contributed by atoms with Crippen molar-refractivity contribution in [2.45, 2.75) is 58.0 Å². The van der Waals surface area contributed by atoms with Crippen LogP contribution < -0.4 is 14.2 Å². The highest BCUT2D eigenvalue weighted by Gasteiger charge is 2.34. The first-order valence-corrected chi connectivity index (χ1v) is 10.7. The highest BCUT2D eigenvalue weighted by atomic mass is 35.5. The number of ether oxygens (including phenoxy) is 3. The first-order valence-electron chi connectivity index (χ1n) is 10.3. The van der Waals surface area contributed by atoms with Crippen LogP contribution in [0.2, 0.25) is 5.02 Å². The fourth-order valence-electron chi connectivity index (χ4n) is 3.31. The van der Waals surface area contributed by atoms with Crippen molar-refractivity contribution in [1.82, 2.24) is 0 Å². The van der Waals surface area contributed by atoms with Gasteiger partial charge in [-0.05, 0) is 54.5 Å². The summed E-state index contributed by atoms with van der Waals surface area (Å²) >= 11 is 6.36. The van der Waals surface area contributed by atoms with Gasteiger partial charge < -0.3 is 19.3 Å². The molecule has 0 aromatic heterocycles. The van der Waals surface area contributed by atoms with E-state index in [0.29, 0.717) is 30.4 Å². The Labute approximate surface area is 184 Å². The Balaban J connectivity index is 1.49. The van der Waals surface area contributed by atoms with Crippen LogP contribution in [0.25, 0.3) is 0 Å². The summed E-state index contributed by atoms with van der Waals surface area (Å²) in [5.74, 6) is 2.20. The number of aliphatic hydroxyl groups excluding tert-OH is 1. The van der Waals surface area contributed by atoms with Gasteiger partial charge in [-0.3, -0.25) is 0 Å². The molecule has 1 atom stereocenters. The van der Waals surface area contributed by atoms with Crippen LogP contribution in [-0.2, 0) is 11.8 Å². The van der Waals surface area contributed by atoms with Gasteiger partial charge in [0.15, 0.2) is 5.60 Å². The molecular weight excluding hydrogens is 400 g/mol. The molecule has 1 aliphatic heterocycles. The highest BCUT2D eigenvalue weighted by molar-refractivity contribution is 6.32. The zero-order valence-corrected chi connectivity index (χ0v) is 19.0. The average molecular weight is 431 g/mol. The third kappa shape index (κ3) is 5.23. The van der Waals surface area contributed by atoms with E-state index in [1.54, 1.807) is 0 Å². The van der Waals surface area contributed by atoms with Crippen molar-refractivity contribution in [2.24, 2.45) is 0 Å². The van der Waals surface area contributed by atoms with E-state index in [-0.39, 0.29) is 11.2 Å². The first-order chi connectivity index (χ1) is 14.1. The largest absolute Gasteiger partial charge is 0.509 e. The summed E-state index contributed by atoms with van der Waals surface area (Å²) < 4.78 is 17.7. The van der Waals surface area contributed by atoms with Crippen molar-refractivity contribution in [3.05, 3.63) is 64.9 Å². The zero-order valence-electron chi connectivity index (χ0n) is 18.3. The molecular formula is C25H31ClO4. The van der Waals surface area contributed by atoms with E-state index in [2.05, 4.69) is 33.4 Å². The van der Waals surface area contributed by atoms with E-state index in [1.807, 2.05) is 37.3 Å². The Hall–Kier alpha value is -2.33. The van der Waals surface area contributed by atoms with Gasteiger partial charge in [0.1, 0.15) is 23.0 Å². The van der Waals surface area contributed by atoms with Gasteiger partial charge >= 0.3 is 0 Å². The van der Waals surface area contributed by atoms with Crippen molar-refractivity contribution >= 4 is 11.6 Å². The van der Waals surface area contributed by atoms with Crippen molar-refractivity contribution in [3.8, 4) is 17.2 Å². The predicted molar refractivity (Wildman–Crippen MR) is 121 cm³/mol. The van der Waals surface area contributed by atoms with Gasteiger partial charge in [-0.2, -0.15) is 0 Å². The molecule has 0 bridgehead atoms. The standard InChI is InChI=1S/C25H31ClO4/c1-17(27)25(5)12-11-18-7-9-20(16-23(18)30-25)28-13-6-14-29-22-10-8-19(15-21(22)26)24(2,3)4/h7-10,15-16,27H,1,6,11-14H2,2-5H3. The third-order valence-corrected chi connectivity index (χ3v) is 5.76. The summed E-state index contributed by atoms with van der Waals surface area (Å²) in [5, 5.41) is 10.5. The van der Waals surface area contributed by atoms with Gasteiger partial charge in [0.25, 0.3) is 0 Å². The van der Waals surface area contributed by atoms with Gasteiger partial charge in [0, 0.05) is 12.5 Å². The number of hydrogen-bond donors (Lipinski definition) is 1. The molecule has 4 nitrogen and oxygen atoms in total. The lowest BCUT2D eigenvalue weighted by Crippen LogP contribution is -2.37. The number of hydrogen-bond acceptors (Lipinski definition) is 4. The average Bonchev–Trinajstić information content (AvgIpc) is 2.67. The lowest BCUT2D eigenvalue weighted by molar-refractivity contribution is 0.0584. The quantitative estimate of drug-likeness (QED) is 0.395. The number of aliphatic hydroxyl groups is 1. The van der Waals surface area contributed by atoms with E-state index in [0.717, 1.165) is 29.9 Å². The van der Waals surface area contributed by atoms with Gasteiger partial charge in [0.05, 0.1) is 18.2 Å². The van der Waals surface area contributed by atoms with Crippen LogP contribution in [-0.4, -0.2) is 23.9 Å². The molecule has 162 valence electrons. The van der Waals surface area contributed by atoms with Gasteiger partial charge in [-0.1, -0.05) is 51.1 Å². The molecule has 1 N–H and O–H groups in total. The molecule has 2 aromatic rings. The molecule has 0 amide bonds. The third-order valence-electron chi connectivity index (χ3n) is 5.47. The second-order valence-electron chi connectivity index (χ2n) is 8.99. The summed E-state index contributed by atoms with van der Waals surface area (Å²) in [6.45, 7) is 13.0. The summed E-state index contributed by atoms with van der Waals surface area (Å²) in [7, 11) is 0. The van der Waals surface area contributed by atoms with Crippen LogP contribution in [0.5, 0.6) is 17.2 Å². The Kier molecular flexibility index (Phi) is 6.56.